The highest BCUT2D eigenvalue weighted by Gasteiger charge is 2.17. The fourth-order valence-corrected chi connectivity index (χ4v) is 2.58. The normalized spacial score (nSPS) is 10.8. The molecule has 102 valence electrons. The molecule has 1 aromatic carbocycles. The minimum absolute atomic E-state index is 0.483. The average Bonchev–Trinajstić information content (AvgIpc) is 2.67. The van der Waals surface area contributed by atoms with Gasteiger partial charge in [0.15, 0.2) is 0 Å². The Bertz CT molecular complexity index is 614. The van der Waals surface area contributed by atoms with Crippen LogP contribution < -0.4 is 10.5 Å². The zero-order valence-electron chi connectivity index (χ0n) is 12.2. The van der Waals surface area contributed by atoms with Crippen LogP contribution in [0.15, 0.2) is 12.1 Å². The first-order valence-corrected chi connectivity index (χ1v) is 6.38. The molecule has 0 fully saturated rings. The fourth-order valence-electron chi connectivity index (χ4n) is 2.58. The maximum Gasteiger partial charge on any atom is 0.122 e. The summed E-state index contributed by atoms with van der Waals surface area (Å²) in [6.07, 6.45) is 0. The number of ether oxygens (including phenoxy) is 1. The van der Waals surface area contributed by atoms with Gasteiger partial charge in [0, 0.05) is 19.2 Å². The quantitative estimate of drug-likeness (QED) is 0.921. The predicted molar refractivity (Wildman–Crippen MR) is 77.3 cm³/mol. The van der Waals surface area contributed by atoms with Gasteiger partial charge in [-0.15, -0.1) is 0 Å². The van der Waals surface area contributed by atoms with Crippen molar-refractivity contribution >= 4 is 0 Å². The first-order valence-electron chi connectivity index (χ1n) is 6.38. The maximum absolute atomic E-state index is 5.86. The molecular weight excluding hydrogens is 238 g/mol. The van der Waals surface area contributed by atoms with Crippen molar-refractivity contribution in [3.05, 3.63) is 34.6 Å². The highest BCUT2D eigenvalue weighted by molar-refractivity contribution is 5.74. The van der Waals surface area contributed by atoms with E-state index in [0.717, 1.165) is 28.3 Å². The van der Waals surface area contributed by atoms with Crippen molar-refractivity contribution in [3.63, 3.8) is 0 Å². The topological polar surface area (TPSA) is 53.1 Å². The maximum atomic E-state index is 5.86. The molecule has 0 spiro atoms. The predicted octanol–water partition coefficient (Wildman–Crippen LogP) is 2.48. The van der Waals surface area contributed by atoms with E-state index in [9.17, 15) is 0 Å². The second-order valence-electron chi connectivity index (χ2n) is 4.80. The van der Waals surface area contributed by atoms with Crippen LogP contribution in [0.1, 0.15) is 22.5 Å². The molecule has 0 radical (unpaired) electrons. The number of rotatable bonds is 3. The van der Waals surface area contributed by atoms with E-state index < -0.39 is 0 Å². The van der Waals surface area contributed by atoms with E-state index in [1.165, 1.54) is 11.1 Å². The van der Waals surface area contributed by atoms with E-state index in [2.05, 4.69) is 25.0 Å². The second-order valence-corrected chi connectivity index (χ2v) is 4.80. The van der Waals surface area contributed by atoms with Gasteiger partial charge in [-0.1, -0.05) is 6.07 Å². The minimum atomic E-state index is 0.483. The monoisotopic (exact) mass is 259 g/mol. The zero-order valence-corrected chi connectivity index (χ0v) is 12.2. The summed E-state index contributed by atoms with van der Waals surface area (Å²) in [7, 11) is 3.63. The SMILES string of the molecule is COc1ccc(-c2c(C)nn(C)c2CN)c(C)c1C. The van der Waals surface area contributed by atoms with Gasteiger partial charge in [-0.05, 0) is 43.5 Å². The molecule has 0 aliphatic carbocycles. The molecule has 0 aliphatic rings. The standard InChI is InChI=1S/C15H21N3O/c1-9-10(2)14(19-5)7-6-12(9)15-11(3)17-18(4)13(15)8-16/h6-7H,8,16H2,1-5H3. The van der Waals surface area contributed by atoms with Gasteiger partial charge in [0.05, 0.1) is 18.5 Å². The first kappa shape index (κ1) is 13.6. The van der Waals surface area contributed by atoms with Crippen LogP contribution in [0, 0.1) is 20.8 Å². The molecule has 0 atom stereocenters. The van der Waals surface area contributed by atoms with Crippen LogP contribution in [-0.2, 0) is 13.6 Å². The van der Waals surface area contributed by atoms with Crippen molar-refractivity contribution in [2.24, 2.45) is 12.8 Å². The molecular formula is C15H21N3O. The molecule has 1 heterocycles. The third-order valence-corrected chi connectivity index (χ3v) is 3.76. The lowest BCUT2D eigenvalue weighted by Gasteiger charge is -2.13. The lowest BCUT2D eigenvalue weighted by Crippen LogP contribution is -2.06. The van der Waals surface area contributed by atoms with Crippen LogP contribution in [0.3, 0.4) is 0 Å². The highest BCUT2D eigenvalue weighted by Crippen LogP contribution is 2.34. The molecule has 0 aliphatic heterocycles. The molecule has 0 saturated heterocycles. The van der Waals surface area contributed by atoms with Crippen molar-refractivity contribution < 1.29 is 4.74 Å². The number of aromatic nitrogens is 2. The molecule has 4 nitrogen and oxygen atoms in total. The number of nitrogens with zero attached hydrogens (tertiary/aromatic N) is 2. The van der Waals surface area contributed by atoms with E-state index in [1.54, 1.807) is 7.11 Å². The number of aryl methyl sites for hydroxylation is 2. The van der Waals surface area contributed by atoms with Crippen LogP contribution in [0.2, 0.25) is 0 Å². The van der Waals surface area contributed by atoms with Crippen molar-refractivity contribution in [2.75, 3.05) is 7.11 Å². The van der Waals surface area contributed by atoms with E-state index in [-0.39, 0.29) is 0 Å². The van der Waals surface area contributed by atoms with E-state index in [4.69, 9.17) is 10.5 Å². The molecule has 0 unspecified atom stereocenters. The Morgan fingerprint density at radius 1 is 1.21 bits per heavy atom. The Morgan fingerprint density at radius 2 is 1.89 bits per heavy atom. The van der Waals surface area contributed by atoms with Gasteiger partial charge in [-0.25, -0.2) is 0 Å². The van der Waals surface area contributed by atoms with Crippen LogP contribution in [0.5, 0.6) is 5.75 Å². The van der Waals surface area contributed by atoms with Crippen molar-refractivity contribution in [1.29, 1.82) is 0 Å². The Labute approximate surface area is 114 Å². The summed E-state index contributed by atoms with van der Waals surface area (Å²) < 4.78 is 7.23. The Kier molecular flexibility index (Phi) is 3.62. The van der Waals surface area contributed by atoms with Crippen LogP contribution >= 0.6 is 0 Å². The third-order valence-electron chi connectivity index (χ3n) is 3.76. The summed E-state index contributed by atoms with van der Waals surface area (Å²) in [6, 6.07) is 4.09. The smallest absolute Gasteiger partial charge is 0.122 e. The van der Waals surface area contributed by atoms with Crippen molar-refractivity contribution in [2.45, 2.75) is 27.3 Å². The number of methoxy groups -OCH3 is 1. The lowest BCUT2D eigenvalue weighted by atomic mass is 9.95. The molecule has 4 heteroatoms. The van der Waals surface area contributed by atoms with E-state index >= 15 is 0 Å². The van der Waals surface area contributed by atoms with Crippen molar-refractivity contribution in [1.82, 2.24) is 9.78 Å². The molecule has 1 aromatic heterocycles. The summed E-state index contributed by atoms with van der Waals surface area (Å²) in [6.45, 7) is 6.69. The number of hydrogen-bond donors (Lipinski definition) is 1. The second kappa shape index (κ2) is 5.05. The van der Waals surface area contributed by atoms with Crippen LogP contribution in [0.25, 0.3) is 11.1 Å². The summed E-state index contributed by atoms with van der Waals surface area (Å²) in [5.74, 6) is 0.914. The Morgan fingerprint density at radius 3 is 2.47 bits per heavy atom. The molecule has 2 aromatic rings. The molecule has 2 rings (SSSR count). The van der Waals surface area contributed by atoms with Gasteiger partial charge in [0.25, 0.3) is 0 Å². The third kappa shape index (κ3) is 2.12. The largest absolute Gasteiger partial charge is 0.496 e. The van der Waals surface area contributed by atoms with Gasteiger partial charge in [-0.3, -0.25) is 4.68 Å². The molecule has 0 bridgehead atoms. The van der Waals surface area contributed by atoms with E-state index in [1.807, 2.05) is 24.7 Å². The number of benzene rings is 1. The Balaban J connectivity index is 2.70. The van der Waals surface area contributed by atoms with Crippen LogP contribution in [0.4, 0.5) is 0 Å². The highest BCUT2D eigenvalue weighted by atomic mass is 16.5. The molecule has 0 amide bonds. The number of nitrogens with two attached hydrogens (primary N) is 1. The molecule has 19 heavy (non-hydrogen) atoms. The lowest BCUT2D eigenvalue weighted by molar-refractivity contribution is 0.411. The Hall–Kier alpha value is -1.81. The fraction of sp³-hybridized carbons (Fsp3) is 0.400. The summed E-state index contributed by atoms with van der Waals surface area (Å²) in [5, 5.41) is 4.48. The minimum Gasteiger partial charge on any atom is -0.496 e. The van der Waals surface area contributed by atoms with Crippen LogP contribution in [-0.4, -0.2) is 16.9 Å². The van der Waals surface area contributed by atoms with Gasteiger partial charge < -0.3 is 10.5 Å². The van der Waals surface area contributed by atoms with E-state index in [0.29, 0.717) is 6.54 Å². The van der Waals surface area contributed by atoms with Gasteiger partial charge in [0.2, 0.25) is 0 Å². The average molecular weight is 259 g/mol. The van der Waals surface area contributed by atoms with Crippen molar-refractivity contribution in [3.8, 4) is 16.9 Å². The summed E-state index contributed by atoms with van der Waals surface area (Å²) in [5.41, 5.74) is 12.6. The van der Waals surface area contributed by atoms with Gasteiger partial charge in [-0.2, -0.15) is 5.10 Å². The summed E-state index contributed by atoms with van der Waals surface area (Å²) >= 11 is 0. The summed E-state index contributed by atoms with van der Waals surface area (Å²) in [4.78, 5) is 0. The zero-order chi connectivity index (χ0) is 14.2. The van der Waals surface area contributed by atoms with Gasteiger partial charge >= 0.3 is 0 Å². The molecule has 2 N–H and O–H groups in total. The van der Waals surface area contributed by atoms with Gasteiger partial charge in [0.1, 0.15) is 5.75 Å². The number of hydrogen-bond acceptors (Lipinski definition) is 3. The first-order chi connectivity index (χ1) is 9.01. The molecule has 0 saturated carbocycles.